The van der Waals surface area contributed by atoms with Crippen molar-refractivity contribution in [1.82, 2.24) is 4.40 Å². The van der Waals surface area contributed by atoms with E-state index in [2.05, 4.69) is 12.1 Å². The second-order valence-electron chi connectivity index (χ2n) is 5.66. The van der Waals surface area contributed by atoms with Crippen molar-refractivity contribution in [2.24, 2.45) is 0 Å². The van der Waals surface area contributed by atoms with E-state index in [4.69, 9.17) is 0 Å². The van der Waals surface area contributed by atoms with Crippen molar-refractivity contribution >= 4 is 11.5 Å². The quantitative estimate of drug-likeness (QED) is 0.580. The summed E-state index contributed by atoms with van der Waals surface area (Å²) in [5.41, 5.74) is 4.92. The number of rotatable bonds is 3. The molecule has 4 aromatic rings. The van der Waals surface area contributed by atoms with Gasteiger partial charge in [-0.25, -0.2) is 4.79 Å². The molecule has 4 rings (SSSR count). The molecule has 3 heteroatoms. The summed E-state index contributed by atoms with van der Waals surface area (Å²) in [6, 6.07) is 23.7. The second-order valence-corrected chi connectivity index (χ2v) is 5.66. The van der Waals surface area contributed by atoms with Crippen LogP contribution >= 0.6 is 0 Å². The van der Waals surface area contributed by atoms with Crippen LogP contribution in [0.4, 0.5) is 0 Å². The minimum atomic E-state index is -0.911. The molecule has 2 heterocycles. The fraction of sp³-hybridized carbons (Fsp3) is 0. The van der Waals surface area contributed by atoms with Gasteiger partial charge in [0.2, 0.25) is 0 Å². The van der Waals surface area contributed by atoms with Crippen LogP contribution in [0, 0.1) is 0 Å². The number of hydrogen-bond acceptors (Lipinski definition) is 1. The number of nitrogens with zero attached hydrogens (tertiary/aromatic N) is 1. The van der Waals surface area contributed by atoms with E-state index in [0.29, 0.717) is 11.1 Å². The fourth-order valence-electron chi connectivity index (χ4n) is 3.04. The summed E-state index contributed by atoms with van der Waals surface area (Å²) in [7, 11) is 0. The zero-order valence-corrected chi connectivity index (χ0v) is 12.9. The van der Waals surface area contributed by atoms with Gasteiger partial charge in [0.15, 0.2) is 0 Å². The molecule has 0 spiro atoms. The molecule has 0 fully saturated rings. The summed E-state index contributed by atoms with van der Waals surface area (Å²) in [5, 5.41) is 9.63. The Morgan fingerprint density at radius 3 is 2.08 bits per heavy atom. The molecule has 0 atom stereocenters. The Bertz CT molecular complexity index is 1010. The number of pyridine rings is 1. The van der Waals surface area contributed by atoms with Crippen molar-refractivity contribution in [3.63, 3.8) is 0 Å². The van der Waals surface area contributed by atoms with Gasteiger partial charge in [0, 0.05) is 18.0 Å². The number of carbonyl (C=O) groups is 1. The maximum absolute atomic E-state index is 11.7. The van der Waals surface area contributed by atoms with Crippen LogP contribution in [0.1, 0.15) is 10.4 Å². The predicted molar refractivity (Wildman–Crippen MR) is 95.2 cm³/mol. The van der Waals surface area contributed by atoms with E-state index in [-0.39, 0.29) is 0 Å². The fourth-order valence-corrected chi connectivity index (χ4v) is 3.04. The predicted octanol–water partition coefficient (Wildman–Crippen LogP) is 4.97. The lowest BCUT2D eigenvalue weighted by atomic mass is 9.99. The minimum Gasteiger partial charge on any atom is -0.478 e. The van der Waals surface area contributed by atoms with E-state index in [0.717, 1.165) is 22.3 Å². The highest BCUT2D eigenvalue weighted by molar-refractivity contribution is 6.03. The van der Waals surface area contributed by atoms with Gasteiger partial charge in [0.1, 0.15) is 0 Å². The lowest BCUT2D eigenvalue weighted by molar-refractivity contribution is 0.0700. The molecule has 0 aliphatic heterocycles. The zero-order chi connectivity index (χ0) is 16.5. The van der Waals surface area contributed by atoms with Crippen LogP contribution in [-0.4, -0.2) is 15.5 Å². The molecule has 3 nitrogen and oxygen atoms in total. The molecule has 0 bridgehead atoms. The maximum atomic E-state index is 11.7. The number of benzene rings is 2. The van der Waals surface area contributed by atoms with Gasteiger partial charge in [0.05, 0.1) is 11.1 Å². The molecule has 116 valence electrons. The molecule has 2 aromatic heterocycles. The Labute approximate surface area is 139 Å². The van der Waals surface area contributed by atoms with Crippen LogP contribution < -0.4 is 0 Å². The Morgan fingerprint density at radius 1 is 0.750 bits per heavy atom. The van der Waals surface area contributed by atoms with E-state index >= 15 is 0 Å². The van der Waals surface area contributed by atoms with Crippen LogP contribution in [0.3, 0.4) is 0 Å². The summed E-state index contributed by atoms with van der Waals surface area (Å²) in [4.78, 5) is 11.7. The van der Waals surface area contributed by atoms with Gasteiger partial charge < -0.3 is 9.51 Å². The van der Waals surface area contributed by atoms with E-state index in [1.54, 1.807) is 0 Å². The normalized spacial score (nSPS) is 10.8. The maximum Gasteiger partial charge on any atom is 0.338 e. The van der Waals surface area contributed by atoms with Gasteiger partial charge in [-0.15, -0.1) is 0 Å². The molecule has 0 saturated carbocycles. The monoisotopic (exact) mass is 313 g/mol. The van der Waals surface area contributed by atoms with Crippen LogP contribution in [0.5, 0.6) is 0 Å². The van der Waals surface area contributed by atoms with Crippen molar-refractivity contribution < 1.29 is 9.90 Å². The van der Waals surface area contributed by atoms with Gasteiger partial charge >= 0.3 is 5.97 Å². The van der Waals surface area contributed by atoms with Crippen molar-refractivity contribution in [2.45, 2.75) is 0 Å². The molecule has 0 aliphatic carbocycles. The van der Waals surface area contributed by atoms with Crippen LogP contribution in [0.2, 0.25) is 0 Å². The van der Waals surface area contributed by atoms with E-state index in [1.807, 2.05) is 77.5 Å². The highest BCUT2D eigenvalue weighted by Crippen LogP contribution is 2.30. The van der Waals surface area contributed by atoms with E-state index < -0.39 is 5.97 Å². The number of hydrogen-bond donors (Lipinski definition) is 1. The Hall–Kier alpha value is -3.33. The van der Waals surface area contributed by atoms with Crippen molar-refractivity contribution in [1.29, 1.82) is 0 Å². The summed E-state index contributed by atoms with van der Waals surface area (Å²) in [6.07, 6.45) is 3.74. The second kappa shape index (κ2) is 5.70. The summed E-state index contributed by atoms with van der Waals surface area (Å²) in [5.74, 6) is -0.911. The zero-order valence-electron chi connectivity index (χ0n) is 12.9. The highest BCUT2D eigenvalue weighted by Gasteiger charge is 2.18. The molecule has 0 aliphatic rings. The lowest BCUT2D eigenvalue weighted by Crippen LogP contribution is -1.97. The average molecular weight is 313 g/mol. The standard InChI is InChI=1S/C21H15NO2/c23-21(24)20-18(14-22-13-5-4-8-19(20)22)17-11-9-16(10-12-17)15-6-2-1-3-7-15/h1-14H,(H,23,24). The van der Waals surface area contributed by atoms with E-state index in [1.165, 1.54) is 0 Å². The third-order valence-electron chi connectivity index (χ3n) is 4.20. The van der Waals surface area contributed by atoms with Crippen LogP contribution in [0.15, 0.2) is 85.2 Å². The minimum absolute atomic E-state index is 0.336. The van der Waals surface area contributed by atoms with Gasteiger partial charge in [-0.2, -0.15) is 0 Å². The lowest BCUT2D eigenvalue weighted by Gasteiger charge is -2.04. The van der Waals surface area contributed by atoms with Crippen LogP contribution in [0.25, 0.3) is 27.8 Å². The first-order chi connectivity index (χ1) is 11.7. The molecule has 0 saturated heterocycles. The average Bonchev–Trinajstić information content (AvgIpc) is 3.02. The van der Waals surface area contributed by atoms with Gasteiger partial charge in [0.25, 0.3) is 0 Å². The Balaban J connectivity index is 1.83. The van der Waals surface area contributed by atoms with Crippen molar-refractivity contribution in [3.8, 4) is 22.3 Å². The summed E-state index contributed by atoms with van der Waals surface area (Å²) in [6.45, 7) is 0. The smallest absolute Gasteiger partial charge is 0.338 e. The molecule has 0 radical (unpaired) electrons. The molecule has 0 amide bonds. The van der Waals surface area contributed by atoms with E-state index in [9.17, 15) is 9.90 Å². The van der Waals surface area contributed by atoms with Crippen molar-refractivity contribution in [2.75, 3.05) is 0 Å². The number of carboxylic acids is 1. The molecule has 0 unspecified atom stereocenters. The molecule has 24 heavy (non-hydrogen) atoms. The Kier molecular flexibility index (Phi) is 3.39. The molecular weight excluding hydrogens is 298 g/mol. The topological polar surface area (TPSA) is 41.7 Å². The molecule has 2 aromatic carbocycles. The van der Waals surface area contributed by atoms with Crippen molar-refractivity contribution in [3.05, 3.63) is 90.8 Å². The summed E-state index contributed by atoms with van der Waals surface area (Å²) >= 11 is 0. The third-order valence-corrected chi connectivity index (χ3v) is 4.20. The van der Waals surface area contributed by atoms with Crippen LogP contribution in [-0.2, 0) is 0 Å². The Morgan fingerprint density at radius 2 is 1.38 bits per heavy atom. The third kappa shape index (κ3) is 2.36. The SMILES string of the molecule is O=C(O)c1c(-c2ccc(-c3ccccc3)cc2)cn2ccccc12. The number of carboxylic acid groups (broad SMARTS) is 1. The van der Waals surface area contributed by atoms with Gasteiger partial charge in [-0.3, -0.25) is 0 Å². The summed E-state index contributed by atoms with van der Waals surface area (Å²) < 4.78 is 1.85. The molecular formula is C21H15NO2. The first-order valence-corrected chi connectivity index (χ1v) is 7.73. The highest BCUT2D eigenvalue weighted by atomic mass is 16.4. The number of aromatic carboxylic acids is 1. The van der Waals surface area contributed by atoms with Gasteiger partial charge in [-0.05, 0) is 28.8 Å². The first kappa shape index (κ1) is 14.3. The number of aromatic nitrogens is 1. The largest absolute Gasteiger partial charge is 0.478 e. The first-order valence-electron chi connectivity index (χ1n) is 7.73. The molecule has 1 N–H and O–H groups in total. The van der Waals surface area contributed by atoms with Gasteiger partial charge in [-0.1, -0.05) is 60.7 Å². The number of fused-ring (bicyclic) bond motifs is 1.